The van der Waals surface area contributed by atoms with Gasteiger partial charge in [0.25, 0.3) is 0 Å². The molecule has 0 aromatic carbocycles. The lowest BCUT2D eigenvalue weighted by molar-refractivity contribution is 0.0883. The van der Waals surface area contributed by atoms with Crippen LogP contribution >= 0.6 is 0 Å². The molecule has 4 N–H and O–H groups in total. The summed E-state index contributed by atoms with van der Waals surface area (Å²) in [4.78, 5) is 4.87. The van der Waals surface area contributed by atoms with Crippen molar-refractivity contribution in [3.05, 3.63) is 17.8 Å². The second kappa shape index (κ2) is 9.30. The second-order valence-electron chi connectivity index (χ2n) is 9.10. The van der Waals surface area contributed by atoms with E-state index in [1.165, 1.54) is 32.1 Å². The van der Waals surface area contributed by atoms with Crippen LogP contribution in [0.25, 0.3) is 5.65 Å². The van der Waals surface area contributed by atoms with Gasteiger partial charge in [0.05, 0.1) is 12.3 Å². The highest BCUT2D eigenvalue weighted by Gasteiger charge is 2.23. The Morgan fingerprint density at radius 1 is 1.17 bits per heavy atom. The molecule has 2 aromatic rings. The molecule has 2 aromatic heterocycles. The van der Waals surface area contributed by atoms with Crippen molar-refractivity contribution in [2.24, 2.45) is 11.8 Å². The van der Waals surface area contributed by atoms with Gasteiger partial charge >= 0.3 is 0 Å². The molecule has 7 heteroatoms. The summed E-state index contributed by atoms with van der Waals surface area (Å²) in [5, 5.41) is 25.3. The summed E-state index contributed by atoms with van der Waals surface area (Å²) in [6.45, 7) is 7.72. The highest BCUT2D eigenvalue weighted by molar-refractivity contribution is 5.61. The monoisotopic (exact) mass is 400 g/mol. The van der Waals surface area contributed by atoms with Crippen LogP contribution in [-0.2, 0) is 0 Å². The summed E-state index contributed by atoms with van der Waals surface area (Å²) in [5.74, 6) is 3.22. The molecule has 0 spiro atoms. The molecule has 1 saturated carbocycles. The Morgan fingerprint density at radius 3 is 2.76 bits per heavy atom. The lowest BCUT2D eigenvalue weighted by Gasteiger charge is -2.28. The molecule has 2 aliphatic rings. The minimum absolute atomic E-state index is 0.252. The molecule has 1 aliphatic heterocycles. The first kappa shape index (κ1) is 20.4. The van der Waals surface area contributed by atoms with Crippen molar-refractivity contribution in [3.63, 3.8) is 0 Å². The van der Waals surface area contributed by atoms with E-state index in [1.54, 1.807) is 0 Å². The summed E-state index contributed by atoms with van der Waals surface area (Å²) in [7, 11) is 0. The van der Waals surface area contributed by atoms with Crippen LogP contribution in [0, 0.1) is 11.8 Å². The fraction of sp³-hybridized carbons (Fsp3) is 0.727. The molecule has 29 heavy (non-hydrogen) atoms. The van der Waals surface area contributed by atoms with E-state index in [2.05, 4.69) is 41.0 Å². The minimum Gasteiger partial charge on any atom is -0.391 e. The first-order chi connectivity index (χ1) is 14.1. The van der Waals surface area contributed by atoms with Gasteiger partial charge in [-0.25, -0.2) is 4.98 Å². The van der Waals surface area contributed by atoms with Crippen LogP contribution in [0.4, 0.5) is 11.6 Å². The number of hydrogen-bond acceptors (Lipinski definition) is 6. The largest absolute Gasteiger partial charge is 0.391 e. The lowest BCUT2D eigenvalue weighted by Crippen LogP contribution is -2.43. The molecule has 2 unspecified atom stereocenters. The van der Waals surface area contributed by atoms with Gasteiger partial charge in [0.15, 0.2) is 5.65 Å². The van der Waals surface area contributed by atoms with Gasteiger partial charge in [0, 0.05) is 37.2 Å². The average Bonchev–Trinajstić information content (AvgIpc) is 3.16. The van der Waals surface area contributed by atoms with Crippen molar-refractivity contribution in [2.75, 3.05) is 36.8 Å². The van der Waals surface area contributed by atoms with E-state index >= 15 is 0 Å². The molecule has 160 valence electrons. The van der Waals surface area contributed by atoms with E-state index < -0.39 is 0 Å². The molecule has 3 heterocycles. The molecule has 7 nitrogen and oxygen atoms in total. The number of β-amino-alcohol motifs (C(OH)–C–C–N with tert-alkyl or cyclic N) is 1. The van der Waals surface area contributed by atoms with Crippen molar-refractivity contribution in [2.45, 2.75) is 64.4 Å². The van der Waals surface area contributed by atoms with E-state index in [1.807, 2.05) is 10.7 Å². The van der Waals surface area contributed by atoms with Crippen molar-refractivity contribution in [3.8, 4) is 0 Å². The SMILES string of the molecule is CC(C)c1cnn2c(NCC3CCCCC3)cc(NCC3CCNCC3O)nc12. The highest BCUT2D eigenvalue weighted by atomic mass is 16.3. The zero-order valence-electron chi connectivity index (χ0n) is 17.8. The van der Waals surface area contributed by atoms with Gasteiger partial charge in [0.2, 0.25) is 0 Å². The van der Waals surface area contributed by atoms with Gasteiger partial charge in [-0.05, 0) is 37.6 Å². The lowest BCUT2D eigenvalue weighted by atomic mass is 9.89. The summed E-state index contributed by atoms with van der Waals surface area (Å²) in [6.07, 6.45) is 9.33. The number of fused-ring (bicyclic) bond motifs is 1. The second-order valence-corrected chi connectivity index (χ2v) is 9.10. The Balaban J connectivity index is 1.53. The van der Waals surface area contributed by atoms with E-state index in [-0.39, 0.29) is 12.0 Å². The summed E-state index contributed by atoms with van der Waals surface area (Å²) in [6, 6.07) is 2.07. The van der Waals surface area contributed by atoms with Crippen molar-refractivity contribution in [1.82, 2.24) is 19.9 Å². The van der Waals surface area contributed by atoms with Crippen LogP contribution in [0.5, 0.6) is 0 Å². The summed E-state index contributed by atoms with van der Waals surface area (Å²) >= 11 is 0. The van der Waals surface area contributed by atoms with Crippen molar-refractivity contribution in [1.29, 1.82) is 0 Å². The molecular formula is C22H36N6O. The van der Waals surface area contributed by atoms with Gasteiger partial charge in [0.1, 0.15) is 11.6 Å². The summed E-state index contributed by atoms with van der Waals surface area (Å²) < 4.78 is 1.95. The zero-order chi connectivity index (χ0) is 20.2. The average molecular weight is 401 g/mol. The first-order valence-electron chi connectivity index (χ1n) is 11.4. The third-order valence-electron chi connectivity index (χ3n) is 6.55. The van der Waals surface area contributed by atoms with Gasteiger partial charge in [-0.1, -0.05) is 33.1 Å². The van der Waals surface area contributed by atoms with Gasteiger partial charge < -0.3 is 21.1 Å². The van der Waals surface area contributed by atoms with Crippen LogP contribution < -0.4 is 16.0 Å². The number of hydrogen-bond donors (Lipinski definition) is 4. The molecule has 0 amide bonds. The van der Waals surface area contributed by atoms with Crippen LogP contribution in [0.1, 0.15) is 63.9 Å². The smallest absolute Gasteiger partial charge is 0.163 e. The van der Waals surface area contributed by atoms with Gasteiger partial charge in [-0.3, -0.25) is 0 Å². The van der Waals surface area contributed by atoms with Crippen LogP contribution in [0.15, 0.2) is 12.3 Å². The number of aliphatic hydroxyl groups is 1. The Hall–Kier alpha value is -1.86. The molecule has 0 radical (unpaired) electrons. The van der Waals surface area contributed by atoms with Crippen molar-refractivity contribution >= 4 is 17.3 Å². The molecule has 1 saturated heterocycles. The van der Waals surface area contributed by atoms with E-state index in [4.69, 9.17) is 4.98 Å². The molecule has 4 rings (SSSR count). The molecule has 0 bridgehead atoms. The zero-order valence-corrected chi connectivity index (χ0v) is 17.8. The fourth-order valence-corrected chi connectivity index (χ4v) is 4.61. The maximum absolute atomic E-state index is 10.2. The standard InChI is InChI=1S/C22H36N6O/c1-15(2)18-13-26-28-21(25-11-16-6-4-3-5-7-16)10-20(27-22(18)28)24-12-17-8-9-23-14-19(17)29/h10,13,15-17,19,23,25,29H,3-9,11-12,14H2,1-2H3,(H,24,27). The Labute approximate surface area is 173 Å². The van der Waals surface area contributed by atoms with E-state index in [0.29, 0.717) is 12.5 Å². The Kier molecular flexibility index (Phi) is 6.55. The molecule has 1 aliphatic carbocycles. The van der Waals surface area contributed by atoms with Crippen molar-refractivity contribution < 1.29 is 5.11 Å². The van der Waals surface area contributed by atoms with E-state index in [0.717, 1.165) is 54.8 Å². The summed E-state index contributed by atoms with van der Waals surface area (Å²) in [5.41, 5.74) is 2.08. The topological polar surface area (TPSA) is 86.5 Å². The fourth-order valence-electron chi connectivity index (χ4n) is 4.61. The number of rotatable bonds is 7. The first-order valence-corrected chi connectivity index (χ1v) is 11.4. The number of aromatic nitrogens is 3. The molecule has 2 atom stereocenters. The van der Waals surface area contributed by atoms with Crippen LogP contribution in [-0.4, -0.2) is 52.0 Å². The van der Waals surface area contributed by atoms with E-state index in [9.17, 15) is 5.11 Å². The predicted octanol–water partition coefficient (Wildman–Crippen LogP) is 3.23. The third-order valence-corrected chi connectivity index (χ3v) is 6.55. The maximum Gasteiger partial charge on any atom is 0.163 e. The van der Waals surface area contributed by atoms with Crippen LogP contribution in [0.2, 0.25) is 0 Å². The van der Waals surface area contributed by atoms with Gasteiger partial charge in [-0.15, -0.1) is 0 Å². The molecule has 2 fully saturated rings. The number of aliphatic hydroxyl groups excluding tert-OH is 1. The predicted molar refractivity (Wildman–Crippen MR) is 118 cm³/mol. The Morgan fingerprint density at radius 2 is 2.00 bits per heavy atom. The quantitative estimate of drug-likeness (QED) is 0.571. The highest BCUT2D eigenvalue weighted by Crippen LogP contribution is 2.27. The number of nitrogens with zero attached hydrogens (tertiary/aromatic N) is 3. The van der Waals surface area contributed by atoms with Crippen LogP contribution in [0.3, 0.4) is 0 Å². The minimum atomic E-state index is -0.301. The third kappa shape index (κ3) is 4.83. The number of anilines is 2. The number of piperidine rings is 1. The number of nitrogens with one attached hydrogen (secondary N) is 3. The van der Waals surface area contributed by atoms with Gasteiger partial charge in [-0.2, -0.15) is 9.61 Å². The maximum atomic E-state index is 10.2. The normalized spacial score (nSPS) is 23.6. The molecular weight excluding hydrogens is 364 g/mol. The Bertz CT molecular complexity index is 798.